The Kier molecular flexibility index (Phi) is 3.63. The first-order valence-electron chi connectivity index (χ1n) is 5.77. The minimum atomic E-state index is -0.492. The minimum Gasteiger partial charge on any atom is -0.467 e. The summed E-state index contributed by atoms with van der Waals surface area (Å²) in [5.41, 5.74) is 0. The Morgan fingerprint density at radius 2 is 2.31 bits per heavy atom. The maximum atomic E-state index is 10.0. The van der Waals surface area contributed by atoms with Gasteiger partial charge in [0.15, 0.2) is 0 Å². The largest absolute Gasteiger partial charge is 0.467 e. The number of hydrogen-bond donors (Lipinski definition) is 1. The lowest BCUT2D eigenvalue weighted by Gasteiger charge is -2.38. The third-order valence-electron chi connectivity index (χ3n) is 3.35. The highest BCUT2D eigenvalue weighted by atomic mass is 16.4. The molecule has 4 nitrogen and oxygen atoms in total. The van der Waals surface area contributed by atoms with E-state index in [2.05, 4.69) is 23.9 Å². The highest BCUT2D eigenvalue weighted by Gasteiger charge is 2.25. The Morgan fingerprint density at radius 1 is 1.50 bits per heavy atom. The molecule has 1 aliphatic heterocycles. The van der Waals surface area contributed by atoms with E-state index in [9.17, 15) is 5.11 Å². The van der Waals surface area contributed by atoms with Gasteiger partial charge in [0, 0.05) is 25.7 Å². The normalized spacial score (nSPS) is 25.8. The van der Waals surface area contributed by atoms with Gasteiger partial charge in [-0.1, -0.05) is 0 Å². The summed E-state index contributed by atoms with van der Waals surface area (Å²) < 4.78 is 5.22. The molecule has 0 aromatic carbocycles. The molecule has 1 aromatic heterocycles. The van der Waals surface area contributed by atoms with Crippen molar-refractivity contribution in [1.29, 1.82) is 0 Å². The molecule has 2 heterocycles. The fourth-order valence-corrected chi connectivity index (χ4v) is 2.21. The summed E-state index contributed by atoms with van der Waals surface area (Å²) in [5.74, 6) is 0.668. The molecule has 90 valence electrons. The van der Waals surface area contributed by atoms with Crippen molar-refractivity contribution in [2.24, 2.45) is 0 Å². The van der Waals surface area contributed by atoms with Crippen LogP contribution in [0.2, 0.25) is 0 Å². The lowest BCUT2D eigenvalue weighted by molar-refractivity contribution is 0.0548. The average molecular weight is 224 g/mol. The molecule has 1 aromatic rings. The summed E-state index contributed by atoms with van der Waals surface area (Å²) in [6, 6.07) is 4.05. The number of rotatable bonds is 3. The SMILES string of the molecule is CN1CCN(C)C(CC(O)c2ccco2)C1. The quantitative estimate of drug-likeness (QED) is 0.830. The van der Waals surface area contributed by atoms with Crippen LogP contribution in [0.1, 0.15) is 18.3 Å². The maximum Gasteiger partial charge on any atom is 0.132 e. The molecule has 0 bridgehead atoms. The van der Waals surface area contributed by atoms with Gasteiger partial charge in [0.2, 0.25) is 0 Å². The lowest BCUT2D eigenvalue weighted by atomic mass is 10.0. The van der Waals surface area contributed by atoms with Gasteiger partial charge in [0.25, 0.3) is 0 Å². The van der Waals surface area contributed by atoms with E-state index in [1.807, 2.05) is 12.1 Å². The van der Waals surface area contributed by atoms with Crippen LogP contribution in [-0.2, 0) is 0 Å². The molecule has 1 saturated heterocycles. The monoisotopic (exact) mass is 224 g/mol. The lowest BCUT2D eigenvalue weighted by Crippen LogP contribution is -2.50. The van der Waals surface area contributed by atoms with Crippen LogP contribution in [0.15, 0.2) is 22.8 Å². The van der Waals surface area contributed by atoms with E-state index < -0.39 is 6.10 Å². The number of aliphatic hydroxyl groups excluding tert-OH is 1. The van der Waals surface area contributed by atoms with E-state index in [1.165, 1.54) is 0 Å². The summed E-state index contributed by atoms with van der Waals surface area (Å²) in [5, 5.41) is 10.0. The van der Waals surface area contributed by atoms with Crippen molar-refractivity contribution in [2.75, 3.05) is 33.7 Å². The Bertz CT molecular complexity index is 313. The fourth-order valence-electron chi connectivity index (χ4n) is 2.21. The van der Waals surface area contributed by atoms with Crippen LogP contribution in [0.5, 0.6) is 0 Å². The van der Waals surface area contributed by atoms with Crippen LogP contribution < -0.4 is 0 Å². The molecule has 2 unspecified atom stereocenters. The van der Waals surface area contributed by atoms with E-state index in [4.69, 9.17) is 4.42 Å². The molecule has 16 heavy (non-hydrogen) atoms. The van der Waals surface area contributed by atoms with Crippen molar-refractivity contribution in [1.82, 2.24) is 9.80 Å². The minimum absolute atomic E-state index is 0.402. The summed E-state index contributed by atoms with van der Waals surface area (Å²) in [4.78, 5) is 4.62. The van der Waals surface area contributed by atoms with Gasteiger partial charge in [0.1, 0.15) is 11.9 Å². The van der Waals surface area contributed by atoms with E-state index in [-0.39, 0.29) is 0 Å². The Labute approximate surface area is 96.5 Å². The van der Waals surface area contributed by atoms with Gasteiger partial charge >= 0.3 is 0 Å². The van der Waals surface area contributed by atoms with E-state index >= 15 is 0 Å². The van der Waals surface area contributed by atoms with Crippen molar-refractivity contribution in [3.05, 3.63) is 24.2 Å². The van der Waals surface area contributed by atoms with Gasteiger partial charge in [0.05, 0.1) is 6.26 Å². The standard InChI is InChI=1S/C12H20N2O2/c1-13-5-6-14(2)10(9-13)8-11(15)12-4-3-7-16-12/h3-4,7,10-11,15H,5-6,8-9H2,1-2H3. The first kappa shape index (κ1) is 11.6. The van der Waals surface area contributed by atoms with E-state index in [0.717, 1.165) is 26.1 Å². The van der Waals surface area contributed by atoms with Crippen LogP contribution in [0.3, 0.4) is 0 Å². The van der Waals surface area contributed by atoms with Crippen LogP contribution in [0.4, 0.5) is 0 Å². The van der Waals surface area contributed by atoms with Crippen LogP contribution in [-0.4, -0.2) is 54.7 Å². The van der Waals surface area contributed by atoms with Gasteiger partial charge < -0.3 is 19.3 Å². The number of likely N-dealkylation sites (N-methyl/N-ethyl adjacent to an activating group) is 2. The number of aliphatic hydroxyl groups is 1. The summed E-state index contributed by atoms with van der Waals surface area (Å²) in [7, 11) is 4.24. The fraction of sp³-hybridized carbons (Fsp3) is 0.667. The predicted molar refractivity (Wildman–Crippen MR) is 62.2 cm³/mol. The molecule has 4 heteroatoms. The number of hydrogen-bond acceptors (Lipinski definition) is 4. The zero-order valence-electron chi connectivity index (χ0n) is 9.97. The molecule has 0 spiro atoms. The van der Waals surface area contributed by atoms with Gasteiger partial charge in [-0.15, -0.1) is 0 Å². The van der Waals surface area contributed by atoms with Crippen molar-refractivity contribution >= 4 is 0 Å². The van der Waals surface area contributed by atoms with Crippen LogP contribution >= 0.6 is 0 Å². The zero-order chi connectivity index (χ0) is 11.5. The second kappa shape index (κ2) is 4.99. The van der Waals surface area contributed by atoms with E-state index in [1.54, 1.807) is 6.26 Å². The molecule has 0 saturated carbocycles. The topological polar surface area (TPSA) is 39.9 Å². The third kappa shape index (κ3) is 2.64. The number of nitrogens with zero attached hydrogens (tertiary/aromatic N) is 2. The molecular formula is C12H20N2O2. The molecule has 1 aliphatic rings. The summed E-state index contributed by atoms with van der Waals surface area (Å²) in [6.07, 6.45) is 1.85. The molecule has 0 radical (unpaired) electrons. The highest BCUT2D eigenvalue weighted by Crippen LogP contribution is 2.22. The van der Waals surface area contributed by atoms with Crippen molar-refractivity contribution in [3.8, 4) is 0 Å². The van der Waals surface area contributed by atoms with Crippen molar-refractivity contribution < 1.29 is 9.52 Å². The molecule has 1 fully saturated rings. The maximum absolute atomic E-state index is 10.0. The molecule has 1 N–H and O–H groups in total. The van der Waals surface area contributed by atoms with E-state index in [0.29, 0.717) is 11.8 Å². The molecule has 2 atom stereocenters. The van der Waals surface area contributed by atoms with Gasteiger partial charge in [-0.25, -0.2) is 0 Å². The Hall–Kier alpha value is -0.840. The van der Waals surface area contributed by atoms with Gasteiger partial charge in [-0.3, -0.25) is 0 Å². The third-order valence-corrected chi connectivity index (χ3v) is 3.35. The highest BCUT2D eigenvalue weighted by molar-refractivity contribution is 5.02. The smallest absolute Gasteiger partial charge is 0.132 e. The van der Waals surface area contributed by atoms with Crippen LogP contribution in [0.25, 0.3) is 0 Å². The first-order valence-corrected chi connectivity index (χ1v) is 5.77. The molecule has 0 amide bonds. The van der Waals surface area contributed by atoms with Crippen molar-refractivity contribution in [2.45, 2.75) is 18.6 Å². The second-order valence-electron chi connectivity index (χ2n) is 4.66. The summed E-state index contributed by atoms with van der Waals surface area (Å²) >= 11 is 0. The first-order chi connectivity index (χ1) is 7.66. The van der Waals surface area contributed by atoms with Gasteiger partial charge in [-0.05, 0) is 32.6 Å². The van der Waals surface area contributed by atoms with Gasteiger partial charge in [-0.2, -0.15) is 0 Å². The molecular weight excluding hydrogens is 204 g/mol. The van der Waals surface area contributed by atoms with Crippen molar-refractivity contribution in [3.63, 3.8) is 0 Å². The van der Waals surface area contributed by atoms with Crippen LogP contribution in [0, 0.1) is 0 Å². The number of piperazine rings is 1. The Balaban J connectivity index is 1.93. The average Bonchev–Trinajstić information content (AvgIpc) is 2.76. The number of furan rings is 1. The second-order valence-corrected chi connectivity index (χ2v) is 4.66. The zero-order valence-corrected chi connectivity index (χ0v) is 9.97. The predicted octanol–water partition coefficient (Wildman–Crippen LogP) is 0.949. The Morgan fingerprint density at radius 3 is 3.00 bits per heavy atom. The molecule has 0 aliphatic carbocycles. The molecule has 2 rings (SSSR count). The summed E-state index contributed by atoms with van der Waals surface area (Å²) in [6.45, 7) is 3.17.